The average Bonchev–Trinajstić information content (AvgIpc) is 2.96. The van der Waals surface area contributed by atoms with Gasteiger partial charge in [-0.15, -0.1) is 23.2 Å². The number of carbonyl (C=O) groups excluding carboxylic acids is 1. The predicted octanol–water partition coefficient (Wildman–Crippen LogP) is 2.37. The van der Waals surface area contributed by atoms with Crippen molar-refractivity contribution < 1.29 is 4.79 Å². The van der Waals surface area contributed by atoms with Crippen LogP contribution >= 0.6 is 23.2 Å². The second-order valence-corrected chi connectivity index (χ2v) is 5.59. The van der Waals surface area contributed by atoms with Crippen molar-refractivity contribution in [2.75, 3.05) is 0 Å². The molecule has 1 N–H and O–H groups in total. The SMILES string of the molecule is N#Cc1ccc(CNC(=O)C2CC2(Cl)Cl)cc1. The Kier molecular flexibility index (Phi) is 3.28. The summed E-state index contributed by atoms with van der Waals surface area (Å²) in [6.07, 6.45) is 0.509. The number of hydrogen-bond donors (Lipinski definition) is 1. The summed E-state index contributed by atoms with van der Waals surface area (Å²) < 4.78 is -0.880. The topological polar surface area (TPSA) is 52.9 Å². The zero-order valence-corrected chi connectivity index (χ0v) is 10.4. The number of hydrogen-bond acceptors (Lipinski definition) is 2. The van der Waals surface area contributed by atoms with Gasteiger partial charge in [0.05, 0.1) is 17.6 Å². The molecule has 0 spiro atoms. The van der Waals surface area contributed by atoms with Crippen molar-refractivity contribution in [2.45, 2.75) is 17.3 Å². The van der Waals surface area contributed by atoms with Crippen LogP contribution in [0.25, 0.3) is 0 Å². The zero-order valence-electron chi connectivity index (χ0n) is 8.91. The predicted molar refractivity (Wildman–Crippen MR) is 65.5 cm³/mol. The Labute approximate surface area is 109 Å². The van der Waals surface area contributed by atoms with Gasteiger partial charge in [0, 0.05) is 6.54 Å². The van der Waals surface area contributed by atoms with Gasteiger partial charge >= 0.3 is 0 Å². The molecule has 0 heterocycles. The zero-order chi connectivity index (χ0) is 12.5. The van der Waals surface area contributed by atoms with Crippen molar-refractivity contribution >= 4 is 29.1 Å². The molecule has 1 aliphatic carbocycles. The molecule has 0 aromatic heterocycles. The molecule has 1 aromatic rings. The standard InChI is InChI=1S/C12H10Cl2N2O/c13-12(14)5-10(12)11(17)16-7-9-3-1-8(6-15)2-4-9/h1-4,10H,5,7H2,(H,16,17). The van der Waals surface area contributed by atoms with E-state index in [2.05, 4.69) is 5.32 Å². The van der Waals surface area contributed by atoms with E-state index in [1.807, 2.05) is 6.07 Å². The quantitative estimate of drug-likeness (QED) is 0.856. The van der Waals surface area contributed by atoms with Gasteiger partial charge in [-0.1, -0.05) is 12.1 Å². The van der Waals surface area contributed by atoms with Crippen LogP contribution in [0, 0.1) is 17.2 Å². The number of benzene rings is 1. The maximum absolute atomic E-state index is 11.6. The molecular formula is C12H10Cl2N2O. The fraction of sp³-hybridized carbons (Fsp3) is 0.333. The van der Waals surface area contributed by atoms with Crippen LogP contribution in [0.15, 0.2) is 24.3 Å². The minimum absolute atomic E-state index is 0.126. The first-order valence-corrected chi connectivity index (χ1v) is 5.93. The van der Waals surface area contributed by atoms with Crippen molar-refractivity contribution in [2.24, 2.45) is 5.92 Å². The lowest BCUT2D eigenvalue weighted by Gasteiger charge is -2.05. The van der Waals surface area contributed by atoms with Gasteiger partial charge < -0.3 is 5.32 Å². The molecule has 1 fully saturated rings. The van der Waals surface area contributed by atoms with E-state index in [1.165, 1.54) is 0 Å². The average molecular weight is 269 g/mol. The van der Waals surface area contributed by atoms with Gasteiger partial charge in [-0.3, -0.25) is 4.79 Å². The summed E-state index contributed by atoms with van der Waals surface area (Å²) in [4.78, 5) is 11.6. The van der Waals surface area contributed by atoms with E-state index in [4.69, 9.17) is 28.5 Å². The third-order valence-corrected chi connectivity index (χ3v) is 3.53. The molecule has 1 aliphatic rings. The first-order chi connectivity index (χ1) is 8.03. The normalized spacial score (nSPS) is 20.4. The fourth-order valence-corrected chi connectivity index (χ4v) is 2.01. The molecule has 3 nitrogen and oxygen atoms in total. The van der Waals surface area contributed by atoms with E-state index in [9.17, 15) is 4.79 Å². The molecule has 17 heavy (non-hydrogen) atoms. The molecule has 1 unspecified atom stereocenters. The highest BCUT2D eigenvalue weighted by molar-refractivity contribution is 6.52. The Morgan fingerprint density at radius 1 is 1.47 bits per heavy atom. The second-order valence-electron chi connectivity index (χ2n) is 4.04. The summed E-state index contributed by atoms with van der Waals surface area (Å²) in [7, 11) is 0. The number of rotatable bonds is 3. The summed E-state index contributed by atoms with van der Waals surface area (Å²) >= 11 is 11.6. The molecule has 5 heteroatoms. The van der Waals surface area contributed by atoms with Crippen LogP contribution in [0.2, 0.25) is 0 Å². The molecule has 1 amide bonds. The molecular weight excluding hydrogens is 259 g/mol. The molecule has 1 saturated carbocycles. The van der Waals surface area contributed by atoms with Crippen LogP contribution in [0.5, 0.6) is 0 Å². The van der Waals surface area contributed by atoms with Gasteiger partial charge in [0.1, 0.15) is 4.33 Å². The highest BCUT2D eigenvalue weighted by Gasteiger charge is 2.56. The first kappa shape index (κ1) is 12.2. The molecule has 0 saturated heterocycles. The van der Waals surface area contributed by atoms with Crippen molar-refractivity contribution in [3.63, 3.8) is 0 Å². The van der Waals surface area contributed by atoms with Gasteiger partial charge in [0.2, 0.25) is 5.91 Å². The van der Waals surface area contributed by atoms with Gasteiger partial charge in [-0.05, 0) is 24.1 Å². The summed E-state index contributed by atoms with van der Waals surface area (Å²) in [5, 5.41) is 11.4. The van der Waals surface area contributed by atoms with Crippen molar-refractivity contribution in [1.82, 2.24) is 5.32 Å². The molecule has 1 aromatic carbocycles. The Bertz CT molecular complexity index is 476. The number of amides is 1. The van der Waals surface area contributed by atoms with E-state index < -0.39 is 4.33 Å². The highest BCUT2D eigenvalue weighted by Crippen LogP contribution is 2.53. The second kappa shape index (κ2) is 4.56. The van der Waals surface area contributed by atoms with Crippen LogP contribution in [0.4, 0.5) is 0 Å². The van der Waals surface area contributed by atoms with Gasteiger partial charge in [0.25, 0.3) is 0 Å². The summed E-state index contributed by atoms with van der Waals surface area (Å²) in [5.41, 5.74) is 1.54. The van der Waals surface area contributed by atoms with Crippen LogP contribution < -0.4 is 5.32 Å². The maximum Gasteiger partial charge on any atom is 0.226 e. The van der Waals surface area contributed by atoms with Crippen LogP contribution in [-0.2, 0) is 11.3 Å². The molecule has 88 valence electrons. The Hall–Kier alpha value is -1.24. The van der Waals surface area contributed by atoms with Crippen LogP contribution in [-0.4, -0.2) is 10.2 Å². The summed E-state index contributed by atoms with van der Waals surface area (Å²) in [5.74, 6) is -0.427. The molecule has 0 bridgehead atoms. The Balaban J connectivity index is 1.86. The monoisotopic (exact) mass is 268 g/mol. The van der Waals surface area contributed by atoms with Gasteiger partial charge in [-0.2, -0.15) is 5.26 Å². The van der Waals surface area contributed by atoms with Crippen molar-refractivity contribution in [3.8, 4) is 6.07 Å². The molecule has 0 aliphatic heterocycles. The van der Waals surface area contributed by atoms with E-state index in [0.29, 0.717) is 18.5 Å². The number of nitrogens with one attached hydrogen (secondary N) is 1. The highest BCUT2D eigenvalue weighted by atomic mass is 35.5. The van der Waals surface area contributed by atoms with E-state index >= 15 is 0 Å². The molecule has 2 rings (SSSR count). The van der Waals surface area contributed by atoms with Gasteiger partial charge in [0.15, 0.2) is 0 Å². The smallest absolute Gasteiger partial charge is 0.226 e. The third kappa shape index (κ3) is 2.91. The number of nitriles is 1. The fourth-order valence-electron chi connectivity index (χ4n) is 1.51. The van der Waals surface area contributed by atoms with Crippen molar-refractivity contribution in [1.29, 1.82) is 5.26 Å². The lowest BCUT2D eigenvalue weighted by Crippen LogP contribution is -2.26. The van der Waals surface area contributed by atoms with Crippen molar-refractivity contribution in [3.05, 3.63) is 35.4 Å². The van der Waals surface area contributed by atoms with E-state index in [-0.39, 0.29) is 11.8 Å². The summed E-state index contributed by atoms with van der Waals surface area (Å²) in [6, 6.07) is 9.08. The lowest BCUT2D eigenvalue weighted by molar-refractivity contribution is -0.122. The molecule has 0 radical (unpaired) electrons. The number of halogens is 2. The van der Waals surface area contributed by atoms with E-state index in [0.717, 1.165) is 5.56 Å². The number of carbonyl (C=O) groups is 1. The van der Waals surface area contributed by atoms with Crippen LogP contribution in [0.3, 0.4) is 0 Å². The minimum Gasteiger partial charge on any atom is -0.352 e. The maximum atomic E-state index is 11.6. The molecule has 1 atom stereocenters. The largest absolute Gasteiger partial charge is 0.352 e. The Morgan fingerprint density at radius 2 is 2.06 bits per heavy atom. The first-order valence-electron chi connectivity index (χ1n) is 5.17. The number of nitrogens with zero attached hydrogens (tertiary/aromatic N) is 1. The summed E-state index contributed by atoms with van der Waals surface area (Å²) in [6.45, 7) is 0.422. The third-order valence-electron chi connectivity index (χ3n) is 2.69. The van der Waals surface area contributed by atoms with E-state index in [1.54, 1.807) is 24.3 Å². The number of alkyl halides is 2. The minimum atomic E-state index is -0.880. The Morgan fingerprint density at radius 3 is 2.53 bits per heavy atom. The van der Waals surface area contributed by atoms with Gasteiger partial charge in [-0.25, -0.2) is 0 Å². The lowest BCUT2D eigenvalue weighted by atomic mass is 10.1. The van der Waals surface area contributed by atoms with Crippen LogP contribution in [0.1, 0.15) is 17.5 Å².